The van der Waals surface area contributed by atoms with Gasteiger partial charge in [-0.2, -0.15) is 5.10 Å². The van der Waals surface area contributed by atoms with Gasteiger partial charge in [0, 0.05) is 24.2 Å². The predicted octanol–water partition coefficient (Wildman–Crippen LogP) is 5.43. The minimum atomic E-state index is -0.975. The van der Waals surface area contributed by atoms with Gasteiger partial charge >= 0.3 is 5.97 Å². The number of hydrogen-bond acceptors (Lipinski definition) is 3. The molecule has 6 nitrogen and oxygen atoms in total. The maximum atomic E-state index is 12.0. The minimum absolute atomic E-state index is 0.0577. The highest BCUT2D eigenvalue weighted by atomic mass is 79.9. The zero-order valence-corrected chi connectivity index (χ0v) is 18.4. The summed E-state index contributed by atoms with van der Waals surface area (Å²) in [6.45, 7) is 5.96. The van der Waals surface area contributed by atoms with Crippen LogP contribution in [0.25, 0.3) is 0 Å². The Labute approximate surface area is 177 Å². The van der Waals surface area contributed by atoms with Gasteiger partial charge in [-0.3, -0.25) is 4.68 Å². The molecule has 2 N–H and O–H groups in total. The van der Waals surface area contributed by atoms with Crippen LogP contribution in [0.2, 0.25) is 5.02 Å². The number of benzene rings is 1. The van der Waals surface area contributed by atoms with Crippen LogP contribution in [0.4, 0.5) is 5.82 Å². The lowest BCUT2D eigenvalue weighted by Crippen LogP contribution is -2.22. The number of aromatic carboxylic acids is 1. The zero-order valence-electron chi connectivity index (χ0n) is 16.1. The van der Waals surface area contributed by atoms with E-state index in [-0.39, 0.29) is 11.6 Å². The molecule has 0 radical (unpaired) electrons. The Balaban J connectivity index is 2.23. The van der Waals surface area contributed by atoms with Crippen molar-refractivity contribution >= 4 is 39.3 Å². The third-order valence-electron chi connectivity index (χ3n) is 4.55. The van der Waals surface area contributed by atoms with Crippen molar-refractivity contribution in [2.45, 2.75) is 32.9 Å². The number of aryl methyl sites for hydroxylation is 2. The summed E-state index contributed by atoms with van der Waals surface area (Å²) >= 11 is 9.60. The highest BCUT2D eigenvalue weighted by molar-refractivity contribution is 9.10. The minimum Gasteiger partial charge on any atom is -0.478 e. The van der Waals surface area contributed by atoms with Crippen LogP contribution in [0.1, 0.15) is 53.2 Å². The molecule has 28 heavy (non-hydrogen) atoms. The number of carboxylic acid groups (broad SMARTS) is 1. The first-order valence-electron chi connectivity index (χ1n) is 8.85. The number of anilines is 1. The molecular weight excluding hydrogens is 444 g/mol. The number of nitrogens with zero attached hydrogens (tertiary/aromatic N) is 3. The maximum Gasteiger partial charge on any atom is 0.337 e. The van der Waals surface area contributed by atoms with Gasteiger partial charge in [0.15, 0.2) is 0 Å². The van der Waals surface area contributed by atoms with Gasteiger partial charge in [0.05, 0.1) is 27.6 Å². The first-order chi connectivity index (χ1) is 13.2. The standard InChI is InChI=1S/C20H22BrClN4O2/c1-11(2)26-16(21)10-15(20(27)28)19(26)18(13-5-7-14(22)8-6-13)23-17-9-12(3)24-25(17)4/h5-11,18,23H,1-4H3,(H,27,28). The van der Waals surface area contributed by atoms with E-state index in [1.54, 1.807) is 22.9 Å². The number of hydrogen-bond donors (Lipinski definition) is 2. The van der Waals surface area contributed by atoms with E-state index in [2.05, 4.69) is 26.3 Å². The van der Waals surface area contributed by atoms with E-state index in [0.29, 0.717) is 10.7 Å². The molecule has 1 aromatic carbocycles. The molecule has 0 bridgehead atoms. The van der Waals surface area contributed by atoms with Crippen LogP contribution in [0.5, 0.6) is 0 Å². The van der Waals surface area contributed by atoms with Gasteiger partial charge in [0.1, 0.15) is 5.82 Å². The first-order valence-corrected chi connectivity index (χ1v) is 10.0. The van der Waals surface area contributed by atoms with E-state index < -0.39 is 12.0 Å². The van der Waals surface area contributed by atoms with E-state index in [4.69, 9.17) is 11.6 Å². The fourth-order valence-corrected chi connectivity index (χ4v) is 4.31. The summed E-state index contributed by atoms with van der Waals surface area (Å²) in [4.78, 5) is 12.0. The van der Waals surface area contributed by atoms with Crippen molar-refractivity contribution in [3.63, 3.8) is 0 Å². The van der Waals surface area contributed by atoms with Gasteiger partial charge < -0.3 is 15.0 Å². The van der Waals surface area contributed by atoms with Crippen LogP contribution in [-0.2, 0) is 7.05 Å². The van der Waals surface area contributed by atoms with Crippen molar-refractivity contribution in [1.29, 1.82) is 0 Å². The quantitative estimate of drug-likeness (QED) is 0.509. The van der Waals surface area contributed by atoms with E-state index >= 15 is 0 Å². The second kappa shape index (κ2) is 8.01. The van der Waals surface area contributed by atoms with Crippen LogP contribution in [0, 0.1) is 6.92 Å². The van der Waals surface area contributed by atoms with Crippen molar-refractivity contribution in [2.24, 2.45) is 7.05 Å². The molecule has 0 spiro atoms. The van der Waals surface area contributed by atoms with Gasteiger partial charge in [0.25, 0.3) is 0 Å². The van der Waals surface area contributed by atoms with E-state index in [1.165, 1.54) is 0 Å². The van der Waals surface area contributed by atoms with Crippen LogP contribution in [-0.4, -0.2) is 25.4 Å². The molecular formula is C20H22BrClN4O2. The van der Waals surface area contributed by atoms with Crippen molar-refractivity contribution in [2.75, 3.05) is 5.32 Å². The first kappa shape index (κ1) is 20.5. The summed E-state index contributed by atoms with van der Waals surface area (Å²) in [5, 5.41) is 18.3. The highest BCUT2D eigenvalue weighted by Gasteiger charge is 2.29. The molecule has 0 amide bonds. The third-order valence-corrected chi connectivity index (χ3v) is 5.41. The van der Waals surface area contributed by atoms with Crippen molar-refractivity contribution in [3.05, 3.63) is 68.5 Å². The van der Waals surface area contributed by atoms with E-state index in [0.717, 1.165) is 21.7 Å². The Morgan fingerprint density at radius 2 is 1.89 bits per heavy atom. The molecule has 8 heteroatoms. The normalized spacial score (nSPS) is 12.4. The summed E-state index contributed by atoms with van der Waals surface area (Å²) in [6.07, 6.45) is 0. The molecule has 0 fully saturated rings. The van der Waals surface area contributed by atoms with Gasteiger partial charge in [-0.05, 0) is 60.5 Å². The molecule has 2 aromatic heterocycles. The lowest BCUT2D eigenvalue weighted by molar-refractivity contribution is 0.0695. The number of carbonyl (C=O) groups is 1. The average Bonchev–Trinajstić information content (AvgIpc) is 3.12. The third kappa shape index (κ3) is 3.95. The fourth-order valence-electron chi connectivity index (χ4n) is 3.36. The second-order valence-electron chi connectivity index (χ2n) is 6.96. The Kier molecular flexibility index (Phi) is 5.86. The summed E-state index contributed by atoms with van der Waals surface area (Å²) < 4.78 is 4.45. The topological polar surface area (TPSA) is 72.1 Å². The van der Waals surface area contributed by atoms with Crippen LogP contribution in [0.15, 0.2) is 41.0 Å². The lowest BCUT2D eigenvalue weighted by atomic mass is 10.00. The molecule has 1 unspecified atom stereocenters. The van der Waals surface area contributed by atoms with Crippen LogP contribution >= 0.6 is 27.5 Å². The SMILES string of the molecule is Cc1cc(NC(c2ccc(Cl)cc2)c2c(C(=O)O)cc(Br)n2C(C)C)n(C)n1. The maximum absolute atomic E-state index is 12.0. The molecule has 148 valence electrons. The summed E-state index contributed by atoms with van der Waals surface area (Å²) in [5.74, 6) is -0.182. The number of carboxylic acids is 1. The molecule has 3 rings (SSSR count). The smallest absolute Gasteiger partial charge is 0.337 e. The molecule has 0 aliphatic heterocycles. The Hall–Kier alpha value is -2.25. The number of rotatable bonds is 6. The Morgan fingerprint density at radius 3 is 2.39 bits per heavy atom. The average molecular weight is 466 g/mol. The predicted molar refractivity (Wildman–Crippen MR) is 114 cm³/mol. The van der Waals surface area contributed by atoms with Gasteiger partial charge in [-0.15, -0.1) is 0 Å². The highest BCUT2D eigenvalue weighted by Crippen LogP contribution is 2.36. The molecule has 1 atom stereocenters. The summed E-state index contributed by atoms with van der Waals surface area (Å²) in [7, 11) is 1.85. The summed E-state index contributed by atoms with van der Waals surface area (Å²) in [5.41, 5.74) is 2.68. The molecule has 0 aliphatic carbocycles. The van der Waals surface area contributed by atoms with Crippen LogP contribution < -0.4 is 5.32 Å². The second-order valence-corrected chi connectivity index (χ2v) is 8.21. The molecule has 3 aromatic rings. The Bertz CT molecular complexity index is 1010. The zero-order chi connectivity index (χ0) is 20.6. The summed E-state index contributed by atoms with van der Waals surface area (Å²) in [6, 6.07) is 10.6. The van der Waals surface area contributed by atoms with Gasteiger partial charge in [0.2, 0.25) is 0 Å². The van der Waals surface area contributed by atoms with Crippen molar-refractivity contribution < 1.29 is 9.90 Å². The molecule has 0 aliphatic rings. The molecule has 0 saturated carbocycles. The molecule has 2 heterocycles. The Morgan fingerprint density at radius 1 is 1.25 bits per heavy atom. The van der Waals surface area contributed by atoms with E-state index in [9.17, 15) is 9.90 Å². The number of nitrogens with one attached hydrogen (secondary N) is 1. The lowest BCUT2D eigenvalue weighted by Gasteiger charge is -2.25. The van der Waals surface area contributed by atoms with Crippen LogP contribution in [0.3, 0.4) is 0 Å². The van der Waals surface area contributed by atoms with Crippen molar-refractivity contribution in [1.82, 2.24) is 14.3 Å². The van der Waals surface area contributed by atoms with E-state index in [1.807, 2.05) is 50.6 Å². The molecule has 0 saturated heterocycles. The monoisotopic (exact) mass is 464 g/mol. The number of aromatic nitrogens is 3. The van der Waals surface area contributed by atoms with Gasteiger partial charge in [-0.25, -0.2) is 4.79 Å². The van der Waals surface area contributed by atoms with Crippen molar-refractivity contribution in [3.8, 4) is 0 Å². The fraction of sp³-hybridized carbons (Fsp3) is 0.300. The van der Waals surface area contributed by atoms with Gasteiger partial charge in [-0.1, -0.05) is 23.7 Å². The largest absolute Gasteiger partial charge is 0.478 e. The number of halogens is 2.